The van der Waals surface area contributed by atoms with Crippen LogP contribution in [0.3, 0.4) is 0 Å². The molecule has 6 nitrogen and oxygen atoms in total. The molecule has 1 aromatic heterocycles. The predicted octanol–water partition coefficient (Wildman–Crippen LogP) is 3.57. The first-order valence-electron chi connectivity index (χ1n) is 9.78. The minimum Gasteiger partial charge on any atom is -0.490 e. The number of hydrogen-bond acceptors (Lipinski definition) is 4. The molecule has 3 rings (SSSR count). The number of nitrogens with one attached hydrogen (secondary N) is 1. The molecular formula is C23H27N3O3. The van der Waals surface area contributed by atoms with Crippen LogP contribution in [-0.2, 0) is 11.2 Å². The molecule has 0 spiro atoms. The Labute approximate surface area is 171 Å². The summed E-state index contributed by atoms with van der Waals surface area (Å²) in [5.41, 5.74) is 3.78. The lowest BCUT2D eigenvalue weighted by molar-refractivity contribution is 0.0945. The molecule has 0 aliphatic heterocycles. The number of aromatic nitrogens is 2. The predicted molar refractivity (Wildman–Crippen MR) is 113 cm³/mol. The third-order valence-electron chi connectivity index (χ3n) is 4.61. The zero-order valence-electron chi connectivity index (χ0n) is 16.9. The molecule has 0 bridgehead atoms. The van der Waals surface area contributed by atoms with Crippen LogP contribution in [0.4, 0.5) is 0 Å². The van der Waals surface area contributed by atoms with Gasteiger partial charge in [0.25, 0.3) is 5.91 Å². The van der Waals surface area contributed by atoms with Gasteiger partial charge in [-0.2, -0.15) is 5.10 Å². The Morgan fingerprint density at radius 3 is 2.62 bits per heavy atom. The maximum absolute atomic E-state index is 12.5. The number of aryl methyl sites for hydroxylation is 2. The highest BCUT2D eigenvalue weighted by Crippen LogP contribution is 2.18. The molecule has 0 unspecified atom stereocenters. The highest BCUT2D eigenvalue weighted by molar-refractivity contribution is 5.96. The number of hydrogen-bond donors (Lipinski definition) is 1. The summed E-state index contributed by atoms with van der Waals surface area (Å²) in [5.74, 6) is 0.441. The fourth-order valence-electron chi connectivity index (χ4n) is 3.05. The van der Waals surface area contributed by atoms with Crippen LogP contribution >= 0.6 is 0 Å². The van der Waals surface area contributed by atoms with E-state index < -0.39 is 0 Å². The van der Waals surface area contributed by atoms with Crippen molar-refractivity contribution in [3.63, 3.8) is 0 Å². The van der Waals surface area contributed by atoms with Gasteiger partial charge in [-0.25, -0.2) is 4.68 Å². The Kier molecular flexibility index (Phi) is 7.41. The molecular weight excluding hydrogens is 366 g/mol. The van der Waals surface area contributed by atoms with Gasteiger partial charge in [0.2, 0.25) is 0 Å². The number of rotatable bonds is 10. The van der Waals surface area contributed by atoms with E-state index in [0.29, 0.717) is 31.1 Å². The van der Waals surface area contributed by atoms with E-state index >= 15 is 0 Å². The zero-order valence-corrected chi connectivity index (χ0v) is 16.9. The molecule has 0 radical (unpaired) electrons. The van der Waals surface area contributed by atoms with Crippen LogP contribution in [0.5, 0.6) is 5.75 Å². The van der Waals surface area contributed by atoms with Gasteiger partial charge in [0.05, 0.1) is 23.6 Å². The SMILES string of the molecule is COCCOc1ccccc1C(=O)NCCCc1cn(-c2ccccc2)nc1C. The number of methoxy groups -OCH3 is 1. The molecule has 152 valence electrons. The first-order valence-corrected chi connectivity index (χ1v) is 9.78. The lowest BCUT2D eigenvalue weighted by Gasteiger charge is -2.11. The number of ether oxygens (including phenoxy) is 2. The second-order valence-corrected chi connectivity index (χ2v) is 6.72. The van der Waals surface area contributed by atoms with E-state index in [4.69, 9.17) is 9.47 Å². The Bertz CT molecular complexity index is 922. The number of amides is 1. The van der Waals surface area contributed by atoms with Crippen molar-refractivity contribution in [2.24, 2.45) is 0 Å². The highest BCUT2D eigenvalue weighted by atomic mass is 16.5. The number of carbonyl (C=O) groups is 1. The zero-order chi connectivity index (χ0) is 20.5. The fraction of sp³-hybridized carbons (Fsp3) is 0.304. The quantitative estimate of drug-likeness (QED) is 0.535. The third kappa shape index (κ3) is 5.68. The molecule has 1 heterocycles. The first-order chi connectivity index (χ1) is 14.2. The van der Waals surface area contributed by atoms with Gasteiger partial charge in [0.1, 0.15) is 12.4 Å². The minimum atomic E-state index is -0.130. The van der Waals surface area contributed by atoms with Crippen molar-refractivity contribution in [1.29, 1.82) is 0 Å². The van der Waals surface area contributed by atoms with Gasteiger partial charge < -0.3 is 14.8 Å². The highest BCUT2D eigenvalue weighted by Gasteiger charge is 2.12. The fourth-order valence-corrected chi connectivity index (χ4v) is 3.05. The van der Waals surface area contributed by atoms with Crippen molar-refractivity contribution < 1.29 is 14.3 Å². The van der Waals surface area contributed by atoms with Crippen LogP contribution in [0.25, 0.3) is 5.69 Å². The summed E-state index contributed by atoms with van der Waals surface area (Å²) >= 11 is 0. The maximum Gasteiger partial charge on any atom is 0.255 e. The third-order valence-corrected chi connectivity index (χ3v) is 4.61. The monoisotopic (exact) mass is 393 g/mol. The van der Waals surface area contributed by atoms with Gasteiger partial charge in [-0.1, -0.05) is 30.3 Å². The van der Waals surface area contributed by atoms with Crippen molar-refractivity contribution in [2.45, 2.75) is 19.8 Å². The molecule has 6 heteroatoms. The average Bonchev–Trinajstić information content (AvgIpc) is 3.13. The Morgan fingerprint density at radius 1 is 1.07 bits per heavy atom. The average molecular weight is 393 g/mol. The van der Waals surface area contributed by atoms with Gasteiger partial charge in [0.15, 0.2) is 0 Å². The molecule has 29 heavy (non-hydrogen) atoms. The van der Waals surface area contributed by atoms with Crippen LogP contribution in [0.2, 0.25) is 0 Å². The van der Waals surface area contributed by atoms with Crippen molar-refractivity contribution in [3.05, 3.63) is 77.6 Å². The smallest absolute Gasteiger partial charge is 0.255 e. The summed E-state index contributed by atoms with van der Waals surface area (Å²) in [5, 5.41) is 7.57. The van der Waals surface area contributed by atoms with E-state index in [0.717, 1.165) is 24.2 Å². The number of nitrogens with zero attached hydrogens (tertiary/aromatic N) is 2. The van der Waals surface area contributed by atoms with Crippen LogP contribution in [-0.4, -0.2) is 42.6 Å². The molecule has 0 saturated carbocycles. The van der Waals surface area contributed by atoms with Crippen LogP contribution in [0, 0.1) is 6.92 Å². The van der Waals surface area contributed by atoms with E-state index in [2.05, 4.69) is 16.6 Å². The summed E-state index contributed by atoms with van der Waals surface area (Å²) in [6.07, 6.45) is 3.75. The molecule has 0 aliphatic rings. The lowest BCUT2D eigenvalue weighted by atomic mass is 10.1. The van der Waals surface area contributed by atoms with Gasteiger partial charge in [0, 0.05) is 19.9 Å². The second kappa shape index (κ2) is 10.4. The summed E-state index contributed by atoms with van der Waals surface area (Å²) in [6, 6.07) is 17.3. The summed E-state index contributed by atoms with van der Waals surface area (Å²) in [4.78, 5) is 12.5. The van der Waals surface area contributed by atoms with E-state index in [-0.39, 0.29) is 5.91 Å². The van der Waals surface area contributed by atoms with E-state index in [1.165, 1.54) is 5.56 Å². The van der Waals surface area contributed by atoms with E-state index in [9.17, 15) is 4.79 Å². The summed E-state index contributed by atoms with van der Waals surface area (Å²) < 4.78 is 12.5. The Balaban J connectivity index is 1.51. The standard InChI is InChI=1S/C23H27N3O3/c1-18-19(17-26(25-18)20-10-4-3-5-11-20)9-8-14-24-23(27)21-12-6-7-13-22(21)29-16-15-28-2/h3-7,10-13,17H,8-9,14-16H2,1-2H3,(H,24,27). The van der Waals surface area contributed by atoms with Crippen LogP contribution in [0.1, 0.15) is 28.0 Å². The van der Waals surface area contributed by atoms with Crippen LogP contribution in [0.15, 0.2) is 60.8 Å². The Morgan fingerprint density at radius 2 is 1.83 bits per heavy atom. The van der Waals surface area contributed by atoms with Crippen molar-refractivity contribution in [2.75, 3.05) is 26.9 Å². The first kappa shape index (κ1) is 20.6. The summed E-state index contributed by atoms with van der Waals surface area (Å²) in [7, 11) is 1.62. The molecule has 0 fully saturated rings. The largest absolute Gasteiger partial charge is 0.490 e. The molecule has 0 saturated heterocycles. The normalized spacial score (nSPS) is 10.7. The molecule has 0 aliphatic carbocycles. The molecule has 2 aromatic carbocycles. The van der Waals surface area contributed by atoms with Crippen molar-refractivity contribution in [3.8, 4) is 11.4 Å². The lowest BCUT2D eigenvalue weighted by Crippen LogP contribution is -2.25. The second-order valence-electron chi connectivity index (χ2n) is 6.72. The summed E-state index contributed by atoms with van der Waals surface area (Å²) in [6.45, 7) is 3.49. The van der Waals surface area contributed by atoms with E-state index in [1.54, 1.807) is 19.2 Å². The maximum atomic E-state index is 12.5. The van der Waals surface area contributed by atoms with Gasteiger partial charge in [-0.15, -0.1) is 0 Å². The van der Waals surface area contributed by atoms with Crippen molar-refractivity contribution in [1.82, 2.24) is 15.1 Å². The number of carbonyl (C=O) groups excluding carboxylic acids is 1. The van der Waals surface area contributed by atoms with Gasteiger partial charge in [-0.05, 0) is 49.6 Å². The van der Waals surface area contributed by atoms with Gasteiger partial charge in [-0.3, -0.25) is 4.79 Å². The minimum absolute atomic E-state index is 0.130. The van der Waals surface area contributed by atoms with Crippen LogP contribution < -0.4 is 10.1 Å². The van der Waals surface area contributed by atoms with Gasteiger partial charge >= 0.3 is 0 Å². The van der Waals surface area contributed by atoms with Crippen molar-refractivity contribution >= 4 is 5.91 Å². The topological polar surface area (TPSA) is 65.4 Å². The molecule has 0 atom stereocenters. The molecule has 1 N–H and O–H groups in total. The molecule has 3 aromatic rings. The Hall–Kier alpha value is -3.12. The number of para-hydroxylation sites is 2. The number of benzene rings is 2. The van der Waals surface area contributed by atoms with E-state index in [1.807, 2.05) is 54.1 Å². The molecule has 1 amide bonds.